The van der Waals surface area contributed by atoms with Gasteiger partial charge in [0.15, 0.2) is 0 Å². The van der Waals surface area contributed by atoms with Crippen molar-refractivity contribution in [1.29, 1.82) is 0 Å². The number of hydrogen-bond donors (Lipinski definition) is 0. The molecule has 0 unspecified atom stereocenters. The number of carbonyl (C=O) groups excluding carboxylic acids is 2. The van der Waals surface area contributed by atoms with Gasteiger partial charge in [-0.15, -0.1) is 0 Å². The normalized spacial score (nSPS) is 19.3. The third kappa shape index (κ3) is 3.50. The van der Waals surface area contributed by atoms with Crippen LogP contribution in [0.3, 0.4) is 0 Å². The van der Waals surface area contributed by atoms with Crippen molar-refractivity contribution in [2.24, 2.45) is 5.92 Å². The van der Waals surface area contributed by atoms with Gasteiger partial charge in [-0.2, -0.15) is 0 Å². The first-order valence-corrected chi connectivity index (χ1v) is 8.27. The van der Waals surface area contributed by atoms with Gasteiger partial charge in [-0.25, -0.2) is 0 Å². The van der Waals surface area contributed by atoms with Crippen LogP contribution in [0.15, 0.2) is 54.6 Å². The molecule has 2 aromatic rings. The molecule has 2 aromatic carbocycles. The van der Waals surface area contributed by atoms with Crippen molar-refractivity contribution in [3.8, 4) is 5.75 Å². The lowest BCUT2D eigenvalue weighted by molar-refractivity contribution is -0.143. The van der Waals surface area contributed by atoms with E-state index in [-0.39, 0.29) is 30.4 Å². The van der Waals surface area contributed by atoms with Gasteiger partial charge in [0, 0.05) is 12.6 Å². The number of anilines is 1. The molecule has 25 heavy (non-hydrogen) atoms. The standard InChI is InChI=1S/C20H21NO4/c1-14(22)25-13-12-18-19(15-8-10-17(24-2)11-9-15)21(20(18)23)16-6-4-3-5-7-16/h3-11,18-19H,12-13H2,1-2H3/t18-,19+/m0/s1. The summed E-state index contributed by atoms with van der Waals surface area (Å²) in [5.74, 6) is 0.303. The lowest BCUT2D eigenvalue weighted by Crippen LogP contribution is -2.55. The summed E-state index contributed by atoms with van der Waals surface area (Å²) in [6.45, 7) is 1.63. The minimum atomic E-state index is -0.326. The molecule has 2 atom stereocenters. The fraction of sp³-hybridized carbons (Fsp3) is 0.300. The lowest BCUT2D eigenvalue weighted by Gasteiger charge is -2.47. The Morgan fingerprint density at radius 3 is 2.36 bits per heavy atom. The second-order valence-corrected chi connectivity index (χ2v) is 6.00. The number of ether oxygens (including phenoxy) is 2. The number of rotatable bonds is 6. The van der Waals surface area contributed by atoms with Crippen molar-refractivity contribution in [2.45, 2.75) is 19.4 Å². The van der Waals surface area contributed by atoms with Crippen LogP contribution >= 0.6 is 0 Å². The lowest BCUT2D eigenvalue weighted by atomic mass is 9.80. The highest BCUT2D eigenvalue weighted by Crippen LogP contribution is 2.45. The molecule has 1 amide bonds. The van der Waals surface area contributed by atoms with Crippen LogP contribution in [0.1, 0.15) is 24.9 Å². The molecule has 1 saturated heterocycles. The van der Waals surface area contributed by atoms with Gasteiger partial charge in [0.2, 0.25) is 5.91 Å². The number of carbonyl (C=O) groups is 2. The van der Waals surface area contributed by atoms with E-state index in [0.717, 1.165) is 17.0 Å². The number of para-hydroxylation sites is 1. The number of nitrogens with zero attached hydrogens (tertiary/aromatic N) is 1. The minimum absolute atomic E-state index is 0.0548. The Kier molecular flexibility index (Phi) is 5.03. The van der Waals surface area contributed by atoms with Crippen molar-refractivity contribution < 1.29 is 19.1 Å². The molecule has 5 nitrogen and oxygen atoms in total. The van der Waals surface area contributed by atoms with Gasteiger partial charge in [0.05, 0.1) is 25.7 Å². The molecule has 0 aromatic heterocycles. The molecule has 0 aliphatic carbocycles. The fourth-order valence-electron chi connectivity index (χ4n) is 3.22. The fourth-order valence-corrected chi connectivity index (χ4v) is 3.22. The summed E-state index contributed by atoms with van der Waals surface area (Å²) in [4.78, 5) is 25.5. The second-order valence-electron chi connectivity index (χ2n) is 6.00. The summed E-state index contributed by atoms with van der Waals surface area (Å²) >= 11 is 0. The maximum Gasteiger partial charge on any atom is 0.302 e. The van der Waals surface area contributed by atoms with Gasteiger partial charge in [0.1, 0.15) is 5.75 Å². The zero-order chi connectivity index (χ0) is 17.8. The predicted molar refractivity (Wildman–Crippen MR) is 94.4 cm³/mol. The number of amides is 1. The summed E-state index contributed by atoms with van der Waals surface area (Å²) in [6, 6.07) is 17.3. The molecule has 130 valence electrons. The number of esters is 1. The first kappa shape index (κ1) is 17.0. The third-order valence-electron chi connectivity index (χ3n) is 4.44. The molecular formula is C20H21NO4. The molecule has 0 N–H and O–H groups in total. The highest BCUT2D eigenvalue weighted by molar-refractivity contribution is 6.03. The molecular weight excluding hydrogens is 318 g/mol. The second kappa shape index (κ2) is 7.38. The molecule has 3 rings (SSSR count). The number of β-lactam (4-membered cyclic amide) rings is 1. The summed E-state index contributed by atoms with van der Waals surface area (Å²) < 4.78 is 10.2. The summed E-state index contributed by atoms with van der Waals surface area (Å²) in [5.41, 5.74) is 1.91. The average Bonchev–Trinajstić information content (AvgIpc) is 2.63. The molecule has 1 heterocycles. The SMILES string of the molecule is COc1ccc([C@@H]2[C@H](CCOC(C)=O)C(=O)N2c2ccccc2)cc1. The van der Waals surface area contributed by atoms with E-state index in [1.54, 1.807) is 12.0 Å². The Balaban J connectivity index is 1.85. The zero-order valence-electron chi connectivity index (χ0n) is 14.3. The van der Waals surface area contributed by atoms with Gasteiger partial charge in [0.25, 0.3) is 0 Å². The molecule has 1 aliphatic rings. The topological polar surface area (TPSA) is 55.8 Å². The molecule has 1 fully saturated rings. The minimum Gasteiger partial charge on any atom is -0.497 e. The molecule has 0 radical (unpaired) electrons. The maximum atomic E-state index is 12.7. The number of hydrogen-bond acceptors (Lipinski definition) is 4. The molecule has 1 aliphatic heterocycles. The van der Waals surface area contributed by atoms with Gasteiger partial charge in [-0.1, -0.05) is 30.3 Å². The highest BCUT2D eigenvalue weighted by Gasteiger charge is 2.48. The van der Waals surface area contributed by atoms with E-state index in [2.05, 4.69) is 0 Å². The van der Waals surface area contributed by atoms with Crippen LogP contribution in [-0.4, -0.2) is 25.6 Å². The van der Waals surface area contributed by atoms with Crippen LogP contribution in [0, 0.1) is 5.92 Å². The Morgan fingerprint density at radius 1 is 1.08 bits per heavy atom. The zero-order valence-corrected chi connectivity index (χ0v) is 14.3. The van der Waals surface area contributed by atoms with Gasteiger partial charge in [-0.05, 0) is 36.2 Å². The van der Waals surface area contributed by atoms with E-state index in [4.69, 9.17) is 9.47 Å². The molecule has 0 bridgehead atoms. The third-order valence-corrected chi connectivity index (χ3v) is 4.44. The van der Waals surface area contributed by atoms with E-state index in [9.17, 15) is 9.59 Å². The van der Waals surface area contributed by atoms with E-state index in [0.29, 0.717) is 6.42 Å². The first-order valence-electron chi connectivity index (χ1n) is 8.27. The molecule has 0 saturated carbocycles. The van der Waals surface area contributed by atoms with E-state index in [1.807, 2.05) is 54.6 Å². The van der Waals surface area contributed by atoms with Crippen LogP contribution in [0.25, 0.3) is 0 Å². The molecule has 0 spiro atoms. The number of benzene rings is 2. The predicted octanol–water partition coefficient (Wildman–Crippen LogP) is 3.35. The summed E-state index contributed by atoms with van der Waals surface area (Å²) in [7, 11) is 1.63. The van der Waals surface area contributed by atoms with Crippen molar-refractivity contribution >= 4 is 17.6 Å². The smallest absolute Gasteiger partial charge is 0.302 e. The largest absolute Gasteiger partial charge is 0.497 e. The Hall–Kier alpha value is -2.82. The van der Waals surface area contributed by atoms with Crippen molar-refractivity contribution in [2.75, 3.05) is 18.6 Å². The monoisotopic (exact) mass is 339 g/mol. The maximum absolute atomic E-state index is 12.7. The van der Waals surface area contributed by atoms with Crippen LogP contribution < -0.4 is 9.64 Å². The van der Waals surface area contributed by atoms with Gasteiger partial charge >= 0.3 is 5.97 Å². The Labute approximate surface area is 147 Å². The summed E-state index contributed by atoms with van der Waals surface area (Å²) in [5, 5.41) is 0. The van der Waals surface area contributed by atoms with Crippen molar-refractivity contribution in [3.05, 3.63) is 60.2 Å². The van der Waals surface area contributed by atoms with Gasteiger partial charge in [-0.3, -0.25) is 9.59 Å². The Morgan fingerprint density at radius 2 is 1.76 bits per heavy atom. The highest BCUT2D eigenvalue weighted by atomic mass is 16.5. The van der Waals surface area contributed by atoms with Crippen LogP contribution in [0.2, 0.25) is 0 Å². The Bertz CT molecular complexity index is 742. The molecule has 5 heteroatoms. The van der Waals surface area contributed by atoms with Crippen LogP contribution in [0.4, 0.5) is 5.69 Å². The van der Waals surface area contributed by atoms with E-state index < -0.39 is 0 Å². The average molecular weight is 339 g/mol. The summed E-state index contributed by atoms with van der Waals surface area (Å²) in [6.07, 6.45) is 0.512. The van der Waals surface area contributed by atoms with Crippen molar-refractivity contribution in [1.82, 2.24) is 0 Å². The van der Waals surface area contributed by atoms with Crippen LogP contribution in [0.5, 0.6) is 5.75 Å². The van der Waals surface area contributed by atoms with Gasteiger partial charge < -0.3 is 14.4 Å². The first-order chi connectivity index (χ1) is 12.1. The van der Waals surface area contributed by atoms with E-state index in [1.165, 1.54) is 6.92 Å². The van der Waals surface area contributed by atoms with E-state index >= 15 is 0 Å². The van der Waals surface area contributed by atoms with Crippen molar-refractivity contribution in [3.63, 3.8) is 0 Å². The van der Waals surface area contributed by atoms with Crippen LogP contribution in [-0.2, 0) is 14.3 Å². The quantitative estimate of drug-likeness (QED) is 0.598. The number of methoxy groups -OCH3 is 1.